The molecule has 2 unspecified atom stereocenters. The summed E-state index contributed by atoms with van der Waals surface area (Å²) in [6, 6.07) is 0. The van der Waals surface area contributed by atoms with Crippen molar-refractivity contribution in [1.29, 1.82) is 0 Å². The predicted octanol–water partition coefficient (Wildman–Crippen LogP) is 3.16. The molecule has 2 heteroatoms. The van der Waals surface area contributed by atoms with Crippen LogP contribution in [0.5, 0.6) is 0 Å². The second-order valence-corrected chi connectivity index (χ2v) is 4.33. The van der Waals surface area contributed by atoms with Crippen LogP contribution in [0.3, 0.4) is 0 Å². The van der Waals surface area contributed by atoms with Crippen molar-refractivity contribution in [2.45, 2.75) is 52.4 Å². The quantitative estimate of drug-likeness (QED) is 0.634. The number of carbonyl (C=O) groups is 1. The second kappa shape index (κ2) is 6.05. The third kappa shape index (κ3) is 3.32. The average Bonchev–Trinajstić information content (AvgIpc) is 2.63. The van der Waals surface area contributed by atoms with E-state index in [0.717, 1.165) is 25.2 Å². The zero-order valence-electron chi connectivity index (χ0n) is 9.42. The Kier molecular flexibility index (Phi) is 4.99. The molecule has 0 radical (unpaired) electrons. The van der Waals surface area contributed by atoms with Crippen LogP contribution in [-0.4, -0.2) is 12.6 Å². The lowest BCUT2D eigenvalue weighted by Gasteiger charge is -2.10. The Morgan fingerprint density at radius 3 is 2.71 bits per heavy atom. The maximum absolute atomic E-state index is 11.5. The van der Waals surface area contributed by atoms with Crippen molar-refractivity contribution in [3.8, 4) is 0 Å². The number of ether oxygens (including phenoxy) is 1. The molecule has 0 saturated heterocycles. The van der Waals surface area contributed by atoms with Crippen molar-refractivity contribution < 1.29 is 9.53 Å². The van der Waals surface area contributed by atoms with Gasteiger partial charge in [-0.3, -0.25) is 4.79 Å². The van der Waals surface area contributed by atoms with Gasteiger partial charge in [0, 0.05) is 0 Å². The van der Waals surface area contributed by atoms with Crippen molar-refractivity contribution in [2.24, 2.45) is 11.8 Å². The molecule has 2 atom stereocenters. The van der Waals surface area contributed by atoms with Crippen LogP contribution in [0.4, 0.5) is 0 Å². The molecule has 1 aliphatic carbocycles. The smallest absolute Gasteiger partial charge is 0.308 e. The summed E-state index contributed by atoms with van der Waals surface area (Å²) >= 11 is 0. The lowest BCUT2D eigenvalue weighted by Crippen LogP contribution is -2.15. The van der Waals surface area contributed by atoms with Crippen molar-refractivity contribution in [3.05, 3.63) is 0 Å². The first-order chi connectivity index (χ1) is 6.77. The monoisotopic (exact) mass is 198 g/mol. The zero-order valence-corrected chi connectivity index (χ0v) is 9.42. The molecule has 0 aromatic heterocycles. The maximum atomic E-state index is 11.5. The minimum Gasteiger partial charge on any atom is -0.465 e. The molecule has 14 heavy (non-hydrogen) atoms. The summed E-state index contributed by atoms with van der Waals surface area (Å²) in [6.45, 7) is 4.83. The Morgan fingerprint density at radius 2 is 2.07 bits per heavy atom. The molecule has 0 spiro atoms. The van der Waals surface area contributed by atoms with Crippen LogP contribution in [-0.2, 0) is 9.53 Å². The molecule has 82 valence electrons. The van der Waals surface area contributed by atoms with Gasteiger partial charge in [-0.05, 0) is 31.6 Å². The molecule has 0 amide bonds. The van der Waals surface area contributed by atoms with Crippen molar-refractivity contribution in [1.82, 2.24) is 0 Å². The van der Waals surface area contributed by atoms with Gasteiger partial charge in [-0.25, -0.2) is 0 Å². The Labute approximate surface area is 87.0 Å². The van der Waals surface area contributed by atoms with Crippen LogP contribution in [0, 0.1) is 11.8 Å². The fourth-order valence-corrected chi connectivity index (χ4v) is 2.28. The van der Waals surface area contributed by atoms with Gasteiger partial charge >= 0.3 is 5.97 Å². The third-order valence-corrected chi connectivity index (χ3v) is 3.02. The molecular formula is C12H22O2. The molecule has 1 rings (SSSR count). The van der Waals surface area contributed by atoms with Gasteiger partial charge in [-0.15, -0.1) is 0 Å². The van der Waals surface area contributed by atoms with Crippen molar-refractivity contribution >= 4 is 5.97 Å². The van der Waals surface area contributed by atoms with Gasteiger partial charge in [0.05, 0.1) is 12.5 Å². The van der Waals surface area contributed by atoms with E-state index in [4.69, 9.17) is 4.74 Å². The van der Waals surface area contributed by atoms with E-state index in [0.29, 0.717) is 6.61 Å². The highest BCUT2D eigenvalue weighted by Crippen LogP contribution is 2.34. The Bertz CT molecular complexity index is 177. The SMILES string of the molecule is CCCOC(=O)C1CCC(CCC)C1. The summed E-state index contributed by atoms with van der Waals surface area (Å²) in [7, 11) is 0. The molecule has 0 aromatic rings. The lowest BCUT2D eigenvalue weighted by molar-refractivity contribution is -0.148. The molecule has 1 fully saturated rings. The molecule has 0 aromatic carbocycles. The molecule has 1 saturated carbocycles. The van der Waals surface area contributed by atoms with Crippen molar-refractivity contribution in [2.75, 3.05) is 6.61 Å². The van der Waals surface area contributed by atoms with E-state index in [1.165, 1.54) is 19.3 Å². The Hall–Kier alpha value is -0.530. The lowest BCUT2D eigenvalue weighted by atomic mass is 10.0. The molecular weight excluding hydrogens is 176 g/mol. The van der Waals surface area contributed by atoms with E-state index in [9.17, 15) is 4.79 Å². The highest BCUT2D eigenvalue weighted by molar-refractivity contribution is 5.72. The number of hydrogen-bond donors (Lipinski definition) is 0. The summed E-state index contributed by atoms with van der Waals surface area (Å²) in [6.07, 6.45) is 6.78. The van der Waals surface area contributed by atoms with Crippen LogP contribution in [0.2, 0.25) is 0 Å². The standard InChI is InChI=1S/C12H22O2/c1-3-5-10-6-7-11(9-10)12(13)14-8-4-2/h10-11H,3-9H2,1-2H3. The van der Waals surface area contributed by atoms with Gasteiger partial charge in [0.2, 0.25) is 0 Å². The number of rotatable bonds is 5. The normalized spacial score (nSPS) is 26.4. The molecule has 1 aliphatic rings. The topological polar surface area (TPSA) is 26.3 Å². The minimum absolute atomic E-state index is 0.0467. The summed E-state index contributed by atoms with van der Waals surface area (Å²) < 4.78 is 5.16. The molecule has 0 aliphatic heterocycles. The summed E-state index contributed by atoms with van der Waals surface area (Å²) in [5.74, 6) is 1.03. The Balaban J connectivity index is 2.23. The predicted molar refractivity (Wildman–Crippen MR) is 57.0 cm³/mol. The largest absolute Gasteiger partial charge is 0.465 e. The third-order valence-electron chi connectivity index (χ3n) is 3.02. The second-order valence-electron chi connectivity index (χ2n) is 4.33. The first-order valence-electron chi connectivity index (χ1n) is 5.94. The van der Waals surface area contributed by atoms with E-state index in [-0.39, 0.29) is 11.9 Å². The highest BCUT2D eigenvalue weighted by Gasteiger charge is 2.30. The van der Waals surface area contributed by atoms with Crippen LogP contribution >= 0.6 is 0 Å². The summed E-state index contributed by atoms with van der Waals surface area (Å²) in [5.41, 5.74) is 0. The van der Waals surface area contributed by atoms with Crippen molar-refractivity contribution in [3.63, 3.8) is 0 Å². The van der Waals surface area contributed by atoms with Gasteiger partial charge in [-0.2, -0.15) is 0 Å². The van der Waals surface area contributed by atoms with E-state index in [1.54, 1.807) is 0 Å². The highest BCUT2D eigenvalue weighted by atomic mass is 16.5. The Morgan fingerprint density at radius 1 is 1.29 bits per heavy atom. The van der Waals surface area contributed by atoms with Gasteiger partial charge in [0.1, 0.15) is 0 Å². The summed E-state index contributed by atoms with van der Waals surface area (Å²) in [4.78, 5) is 11.5. The minimum atomic E-state index is 0.0467. The van der Waals surface area contributed by atoms with E-state index in [2.05, 4.69) is 6.92 Å². The van der Waals surface area contributed by atoms with Gasteiger partial charge in [0.15, 0.2) is 0 Å². The fourth-order valence-electron chi connectivity index (χ4n) is 2.28. The van der Waals surface area contributed by atoms with E-state index >= 15 is 0 Å². The summed E-state index contributed by atoms with van der Waals surface area (Å²) in [5, 5.41) is 0. The van der Waals surface area contributed by atoms with E-state index in [1.807, 2.05) is 6.92 Å². The van der Waals surface area contributed by atoms with Gasteiger partial charge in [0.25, 0.3) is 0 Å². The van der Waals surface area contributed by atoms with E-state index < -0.39 is 0 Å². The van der Waals surface area contributed by atoms with Crippen LogP contribution in [0.25, 0.3) is 0 Å². The first-order valence-corrected chi connectivity index (χ1v) is 5.94. The van der Waals surface area contributed by atoms with Crippen LogP contribution in [0.15, 0.2) is 0 Å². The zero-order chi connectivity index (χ0) is 10.4. The number of hydrogen-bond acceptors (Lipinski definition) is 2. The van der Waals surface area contributed by atoms with Gasteiger partial charge in [-0.1, -0.05) is 26.7 Å². The molecule has 2 nitrogen and oxygen atoms in total. The number of carbonyl (C=O) groups excluding carboxylic acids is 1. The van der Waals surface area contributed by atoms with Gasteiger partial charge < -0.3 is 4.74 Å². The fraction of sp³-hybridized carbons (Fsp3) is 0.917. The molecule has 0 bridgehead atoms. The molecule has 0 N–H and O–H groups in total. The maximum Gasteiger partial charge on any atom is 0.308 e. The molecule has 0 heterocycles. The van der Waals surface area contributed by atoms with Crippen LogP contribution in [0.1, 0.15) is 52.4 Å². The van der Waals surface area contributed by atoms with Crippen LogP contribution < -0.4 is 0 Å². The average molecular weight is 198 g/mol. The number of esters is 1. The first kappa shape index (κ1) is 11.5.